The van der Waals surface area contributed by atoms with E-state index in [4.69, 9.17) is 65.4 Å². The molecule has 6 nitrogen and oxygen atoms in total. The van der Waals surface area contributed by atoms with E-state index >= 15 is 0 Å². The Kier molecular flexibility index (Phi) is 21.0. The minimum Gasteiger partial charge on any atom is -0.494 e. The SMILES string of the molecule is C=C(OCCCCCCC)c1cc(Cl)c2c3c(Cl)cc(C(=C)OCCCCCCC)c4c(C(=O)OCCCCCCC)cc(Cl)c(c5c(Cl)cc(C(=O)OCCCCCCC)c1c25)c43. The Labute approximate surface area is 401 Å². The van der Waals surface area contributed by atoms with Crippen LogP contribution in [0.1, 0.15) is 188 Å². The molecular weight excluding hydrogens is 886 g/mol. The molecule has 0 unspecified atom stereocenters. The Morgan fingerprint density at radius 3 is 0.891 bits per heavy atom. The van der Waals surface area contributed by atoms with E-state index in [1.54, 1.807) is 24.3 Å². The Morgan fingerprint density at radius 1 is 0.359 bits per heavy atom. The molecule has 64 heavy (non-hydrogen) atoms. The van der Waals surface area contributed by atoms with Crippen molar-refractivity contribution >= 4 is 113 Å². The lowest BCUT2D eigenvalue weighted by atomic mass is 9.83. The second kappa shape index (κ2) is 26.1. The Bertz CT molecular complexity index is 2060. The van der Waals surface area contributed by atoms with E-state index < -0.39 is 11.9 Å². The molecule has 0 aliphatic rings. The van der Waals surface area contributed by atoms with E-state index in [2.05, 4.69) is 40.9 Å². The maximum Gasteiger partial charge on any atom is 0.338 e. The van der Waals surface area contributed by atoms with E-state index in [9.17, 15) is 9.59 Å². The first-order valence-electron chi connectivity index (χ1n) is 24.0. The zero-order valence-corrected chi connectivity index (χ0v) is 41.7. The zero-order valence-electron chi connectivity index (χ0n) is 38.7. The van der Waals surface area contributed by atoms with Gasteiger partial charge >= 0.3 is 11.9 Å². The predicted octanol–water partition coefficient (Wildman–Crippen LogP) is 18.5. The highest BCUT2D eigenvalue weighted by molar-refractivity contribution is 6.54. The number of halogens is 4. The summed E-state index contributed by atoms with van der Waals surface area (Å²) >= 11 is 29.6. The van der Waals surface area contributed by atoms with Gasteiger partial charge in [0.1, 0.15) is 11.5 Å². The van der Waals surface area contributed by atoms with Crippen LogP contribution in [0.25, 0.3) is 54.6 Å². The molecule has 0 aromatic heterocycles. The molecule has 5 rings (SSSR count). The minimum atomic E-state index is -0.523. The second-order valence-corrected chi connectivity index (χ2v) is 18.7. The normalized spacial score (nSPS) is 11.6. The third kappa shape index (κ3) is 12.5. The molecule has 0 amide bonds. The number of esters is 2. The average Bonchev–Trinajstić information content (AvgIpc) is 3.28. The smallest absolute Gasteiger partial charge is 0.338 e. The van der Waals surface area contributed by atoms with Gasteiger partial charge in [0, 0.05) is 74.3 Å². The Balaban J connectivity index is 1.77. The molecule has 0 aliphatic carbocycles. The summed E-state index contributed by atoms with van der Waals surface area (Å²) in [6.07, 6.45) is 20.7. The van der Waals surface area contributed by atoms with Crippen LogP contribution in [0.3, 0.4) is 0 Å². The molecule has 0 saturated heterocycles. The van der Waals surface area contributed by atoms with Gasteiger partial charge in [-0.3, -0.25) is 0 Å². The third-order valence-corrected chi connectivity index (χ3v) is 13.4. The number of carbonyl (C=O) groups excluding carboxylic acids is 2. The third-order valence-electron chi connectivity index (χ3n) is 12.2. The van der Waals surface area contributed by atoms with Crippen LogP contribution in [0.5, 0.6) is 0 Å². The van der Waals surface area contributed by atoms with Crippen molar-refractivity contribution in [1.82, 2.24) is 0 Å². The number of unbranched alkanes of at least 4 members (excludes halogenated alkanes) is 16. The van der Waals surface area contributed by atoms with Crippen LogP contribution in [-0.2, 0) is 18.9 Å². The van der Waals surface area contributed by atoms with Crippen molar-refractivity contribution in [2.24, 2.45) is 0 Å². The van der Waals surface area contributed by atoms with Crippen LogP contribution in [0.2, 0.25) is 20.1 Å². The van der Waals surface area contributed by atoms with Crippen molar-refractivity contribution in [3.8, 4) is 0 Å². The first-order chi connectivity index (χ1) is 31.0. The number of hydrogen-bond acceptors (Lipinski definition) is 6. The van der Waals surface area contributed by atoms with E-state index in [1.807, 2.05) is 0 Å². The predicted molar refractivity (Wildman–Crippen MR) is 273 cm³/mol. The van der Waals surface area contributed by atoms with Gasteiger partial charge in [0.25, 0.3) is 0 Å². The summed E-state index contributed by atoms with van der Waals surface area (Å²) in [6.45, 7) is 18.8. The van der Waals surface area contributed by atoms with Gasteiger partial charge in [0.2, 0.25) is 0 Å². The van der Waals surface area contributed by atoms with Crippen LogP contribution in [-0.4, -0.2) is 38.4 Å². The van der Waals surface area contributed by atoms with Gasteiger partial charge < -0.3 is 18.9 Å². The number of rotatable bonds is 30. The highest BCUT2D eigenvalue weighted by Crippen LogP contribution is 2.53. The zero-order chi connectivity index (χ0) is 46.2. The van der Waals surface area contributed by atoms with Gasteiger partial charge in [0.05, 0.1) is 37.6 Å². The maximum absolute atomic E-state index is 14.3. The molecular formula is C54H68Cl4O6. The molecule has 0 saturated carbocycles. The number of carbonyl (C=O) groups is 2. The Hall–Kier alpha value is -3.42. The van der Waals surface area contributed by atoms with Gasteiger partial charge in [0.15, 0.2) is 0 Å². The quantitative estimate of drug-likeness (QED) is 0.0150. The van der Waals surface area contributed by atoms with Crippen molar-refractivity contribution in [2.75, 3.05) is 26.4 Å². The van der Waals surface area contributed by atoms with E-state index in [0.717, 1.165) is 116 Å². The number of benzene rings is 5. The summed E-state index contributed by atoms with van der Waals surface area (Å²) in [5.41, 5.74) is 1.57. The van der Waals surface area contributed by atoms with Crippen molar-refractivity contribution in [3.05, 3.63) is 79.8 Å². The summed E-state index contributed by atoms with van der Waals surface area (Å²) in [5.74, 6) is -0.314. The summed E-state index contributed by atoms with van der Waals surface area (Å²) in [6, 6.07) is 6.82. The maximum atomic E-state index is 14.3. The highest BCUT2D eigenvalue weighted by atomic mass is 35.5. The molecule has 0 heterocycles. The molecule has 0 spiro atoms. The van der Waals surface area contributed by atoms with Crippen LogP contribution in [0.4, 0.5) is 0 Å². The molecule has 5 aromatic carbocycles. The molecule has 0 bridgehead atoms. The summed E-state index contributed by atoms with van der Waals surface area (Å²) in [7, 11) is 0. The van der Waals surface area contributed by atoms with E-state index in [0.29, 0.717) is 89.0 Å². The lowest BCUT2D eigenvalue weighted by Gasteiger charge is -2.24. The monoisotopic (exact) mass is 952 g/mol. The molecule has 0 N–H and O–H groups in total. The largest absolute Gasteiger partial charge is 0.494 e. The number of hydrogen-bond donors (Lipinski definition) is 0. The summed E-state index contributed by atoms with van der Waals surface area (Å²) in [4.78, 5) is 28.5. The summed E-state index contributed by atoms with van der Waals surface area (Å²) in [5, 5.41) is 5.45. The van der Waals surface area contributed by atoms with Crippen molar-refractivity contribution in [1.29, 1.82) is 0 Å². The highest BCUT2D eigenvalue weighted by Gasteiger charge is 2.31. The molecule has 5 aromatic rings. The topological polar surface area (TPSA) is 71.1 Å². The van der Waals surface area contributed by atoms with Crippen molar-refractivity contribution in [3.63, 3.8) is 0 Å². The minimum absolute atomic E-state index is 0.249. The van der Waals surface area contributed by atoms with Crippen molar-refractivity contribution < 1.29 is 28.5 Å². The van der Waals surface area contributed by atoms with E-state index in [1.165, 1.54) is 12.8 Å². The fourth-order valence-corrected chi connectivity index (χ4v) is 9.93. The molecule has 0 radical (unpaired) electrons. The van der Waals surface area contributed by atoms with Crippen molar-refractivity contribution in [2.45, 2.75) is 156 Å². The van der Waals surface area contributed by atoms with Gasteiger partial charge in [-0.05, 0) is 49.9 Å². The first kappa shape index (κ1) is 51.6. The molecule has 348 valence electrons. The molecule has 0 fully saturated rings. The lowest BCUT2D eigenvalue weighted by molar-refractivity contribution is 0.0490. The first-order valence-corrected chi connectivity index (χ1v) is 25.5. The van der Waals surface area contributed by atoms with Gasteiger partial charge in [-0.1, -0.05) is 190 Å². The number of ether oxygens (including phenoxy) is 4. The van der Waals surface area contributed by atoms with Crippen LogP contribution in [0, 0.1) is 0 Å². The average molecular weight is 955 g/mol. The standard InChI is InChI=1S/C54H68Cl4O6/c1-7-11-15-19-23-27-61-35(5)37-31-41(55)47-48-42(56)32-38(36(6)62-28-24-20-16-12-8-2)46-40(54(60)64-30-26-22-18-14-10-4)34-44(58)50(52(46)48)49-43(57)33-39(45(37)51(47)49)53(59)63-29-25-21-17-13-9-3/h31-34H,5-30H2,1-4H3. The molecule has 0 aliphatic heterocycles. The summed E-state index contributed by atoms with van der Waals surface area (Å²) < 4.78 is 24.5. The van der Waals surface area contributed by atoms with Gasteiger partial charge in [-0.2, -0.15) is 0 Å². The van der Waals surface area contributed by atoms with Crippen LogP contribution in [0.15, 0.2) is 37.4 Å². The second-order valence-electron chi connectivity index (χ2n) is 17.1. The Morgan fingerprint density at radius 2 is 0.609 bits per heavy atom. The van der Waals surface area contributed by atoms with Gasteiger partial charge in [-0.25, -0.2) is 9.59 Å². The fraction of sp³-hybridized carbons (Fsp3) is 0.519. The molecule has 0 atom stereocenters. The molecule has 10 heteroatoms. The fourth-order valence-electron chi connectivity index (χ4n) is 8.73. The van der Waals surface area contributed by atoms with Crippen LogP contribution < -0.4 is 0 Å². The number of fused-ring (bicyclic) bond motifs is 2. The van der Waals surface area contributed by atoms with Crippen LogP contribution >= 0.6 is 46.4 Å². The van der Waals surface area contributed by atoms with Gasteiger partial charge in [-0.15, -0.1) is 0 Å². The van der Waals surface area contributed by atoms with E-state index in [-0.39, 0.29) is 34.4 Å². The lowest BCUT2D eigenvalue weighted by Crippen LogP contribution is -2.11.